The maximum absolute atomic E-state index is 12.0. The van der Waals surface area contributed by atoms with Gasteiger partial charge < -0.3 is 10.6 Å². The van der Waals surface area contributed by atoms with E-state index in [4.69, 9.17) is 0 Å². The molecule has 0 aliphatic carbocycles. The highest BCUT2D eigenvalue weighted by Gasteiger charge is 2.31. The van der Waals surface area contributed by atoms with E-state index in [0.717, 1.165) is 26.1 Å². The Morgan fingerprint density at radius 3 is 2.82 bits per heavy atom. The summed E-state index contributed by atoms with van der Waals surface area (Å²) < 4.78 is 0. The second kappa shape index (κ2) is 7.67. The Kier molecular flexibility index (Phi) is 6.52. The summed E-state index contributed by atoms with van der Waals surface area (Å²) in [5.74, 6) is 0.175. The third-order valence-electron chi connectivity index (χ3n) is 3.50. The molecule has 1 aliphatic heterocycles. The molecule has 1 fully saturated rings. The smallest absolute Gasteiger partial charge is 0.238 e. The molecule has 2 unspecified atom stereocenters. The van der Waals surface area contributed by atoms with Crippen LogP contribution in [0.25, 0.3) is 0 Å². The lowest BCUT2D eigenvalue weighted by atomic mass is 10.0. The predicted molar refractivity (Wildman–Crippen MR) is 71.0 cm³/mol. The summed E-state index contributed by atoms with van der Waals surface area (Å²) in [7, 11) is 0. The van der Waals surface area contributed by atoms with E-state index in [9.17, 15) is 4.79 Å². The van der Waals surface area contributed by atoms with Gasteiger partial charge >= 0.3 is 0 Å². The molecule has 100 valence electrons. The standard InChI is InChI=1S/C13H27N3O/c1-4-7-11(5-2)16-9-8-14-10-12(16)13(17)15-6-3/h11-12,14H,4-10H2,1-3H3,(H,15,17). The summed E-state index contributed by atoms with van der Waals surface area (Å²) in [6.07, 6.45) is 3.50. The van der Waals surface area contributed by atoms with E-state index in [2.05, 4.69) is 29.4 Å². The molecule has 1 aliphatic rings. The summed E-state index contributed by atoms with van der Waals surface area (Å²) >= 11 is 0. The van der Waals surface area contributed by atoms with Crippen LogP contribution in [0.5, 0.6) is 0 Å². The lowest BCUT2D eigenvalue weighted by Gasteiger charge is -2.40. The number of hydrogen-bond donors (Lipinski definition) is 2. The summed E-state index contributed by atoms with van der Waals surface area (Å²) in [6, 6.07) is 0.565. The van der Waals surface area contributed by atoms with Crippen molar-refractivity contribution in [3.05, 3.63) is 0 Å². The van der Waals surface area contributed by atoms with Crippen LogP contribution in [-0.2, 0) is 4.79 Å². The molecule has 0 spiro atoms. The molecule has 17 heavy (non-hydrogen) atoms. The van der Waals surface area contributed by atoms with Gasteiger partial charge in [0.2, 0.25) is 5.91 Å². The molecule has 0 aromatic rings. The quantitative estimate of drug-likeness (QED) is 0.728. The van der Waals surface area contributed by atoms with Crippen LogP contribution in [0.3, 0.4) is 0 Å². The third kappa shape index (κ3) is 3.96. The van der Waals surface area contributed by atoms with Crippen molar-refractivity contribution in [1.29, 1.82) is 0 Å². The van der Waals surface area contributed by atoms with E-state index >= 15 is 0 Å². The van der Waals surface area contributed by atoms with E-state index in [1.165, 1.54) is 12.8 Å². The van der Waals surface area contributed by atoms with Crippen LogP contribution >= 0.6 is 0 Å². The number of piperazine rings is 1. The largest absolute Gasteiger partial charge is 0.355 e. The zero-order chi connectivity index (χ0) is 12.7. The van der Waals surface area contributed by atoms with Crippen LogP contribution in [0.2, 0.25) is 0 Å². The fourth-order valence-electron chi connectivity index (χ4n) is 2.63. The monoisotopic (exact) mass is 241 g/mol. The molecule has 0 bridgehead atoms. The Morgan fingerprint density at radius 2 is 2.24 bits per heavy atom. The minimum Gasteiger partial charge on any atom is -0.355 e. The first-order chi connectivity index (χ1) is 8.24. The molecule has 4 heteroatoms. The topological polar surface area (TPSA) is 44.4 Å². The van der Waals surface area contributed by atoms with E-state index in [1.54, 1.807) is 0 Å². The molecule has 2 N–H and O–H groups in total. The summed E-state index contributed by atoms with van der Waals surface area (Å²) in [5, 5.41) is 6.27. The van der Waals surface area contributed by atoms with Crippen LogP contribution in [0, 0.1) is 0 Å². The number of carbonyl (C=O) groups excluding carboxylic acids is 1. The second-order valence-electron chi connectivity index (χ2n) is 4.70. The van der Waals surface area contributed by atoms with Crippen LogP contribution in [0.1, 0.15) is 40.0 Å². The van der Waals surface area contributed by atoms with Crippen molar-refractivity contribution < 1.29 is 4.79 Å². The number of nitrogens with zero attached hydrogens (tertiary/aromatic N) is 1. The molecular weight excluding hydrogens is 214 g/mol. The van der Waals surface area contributed by atoms with Gasteiger partial charge in [-0.15, -0.1) is 0 Å². The van der Waals surface area contributed by atoms with Gasteiger partial charge in [0.15, 0.2) is 0 Å². The third-order valence-corrected chi connectivity index (χ3v) is 3.50. The molecular formula is C13H27N3O. The average Bonchev–Trinajstić information content (AvgIpc) is 2.36. The fraction of sp³-hybridized carbons (Fsp3) is 0.923. The van der Waals surface area contributed by atoms with E-state index in [1.807, 2.05) is 6.92 Å². The Hall–Kier alpha value is -0.610. The Labute approximate surface area is 105 Å². The minimum absolute atomic E-state index is 0.0141. The van der Waals surface area contributed by atoms with Gasteiger partial charge in [0.25, 0.3) is 0 Å². The van der Waals surface area contributed by atoms with Crippen LogP contribution in [-0.4, -0.2) is 49.1 Å². The zero-order valence-electron chi connectivity index (χ0n) is 11.5. The molecule has 0 aromatic heterocycles. The predicted octanol–water partition coefficient (Wildman–Crippen LogP) is 0.975. The van der Waals surface area contributed by atoms with Crippen molar-refractivity contribution in [3.8, 4) is 0 Å². The highest BCUT2D eigenvalue weighted by atomic mass is 16.2. The summed E-state index contributed by atoms with van der Waals surface area (Å²) in [5.41, 5.74) is 0. The van der Waals surface area contributed by atoms with Gasteiger partial charge in [-0.1, -0.05) is 20.3 Å². The zero-order valence-corrected chi connectivity index (χ0v) is 11.5. The summed E-state index contributed by atoms with van der Waals surface area (Å²) in [4.78, 5) is 14.4. The van der Waals surface area contributed by atoms with Gasteiger partial charge in [-0.2, -0.15) is 0 Å². The minimum atomic E-state index is 0.0141. The maximum Gasteiger partial charge on any atom is 0.238 e. The van der Waals surface area contributed by atoms with E-state index < -0.39 is 0 Å². The maximum atomic E-state index is 12.0. The molecule has 2 atom stereocenters. The molecule has 0 saturated carbocycles. The van der Waals surface area contributed by atoms with E-state index in [-0.39, 0.29) is 11.9 Å². The highest BCUT2D eigenvalue weighted by molar-refractivity contribution is 5.82. The van der Waals surface area contributed by atoms with Crippen molar-refractivity contribution in [2.45, 2.75) is 52.1 Å². The van der Waals surface area contributed by atoms with Gasteiger partial charge in [-0.25, -0.2) is 0 Å². The first-order valence-electron chi connectivity index (χ1n) is 6.98. The Morgan fingerprint density at radius 1 is 1.47 bits per heavy atom. The lowest BCUT2D eigenvalue weighted by molar-refractivity contribution is -0.128. The number of rotatable bonds is 6. The molecule has 4 nitrogen and oxygen atoms in total. The first-order valence-corrected chi connectivity index (χ1v) is 6.98. The van der Waals surface area contributed by atoms with Crippen molar-refractivity contribution in [3.63, 3.8) is 0 Å². The van der Waals surface area contributed by atoms with Crippen molar-refractivity contribution in [2.75, 3.05) is 26.2 Å². The molecule has 0 aromatic carbocycles. The summed E-state index contributed by atoms with van der Waals surface area (Å²) in [6.45, 7) is 9.89. The Bertz CT molecular complexity index is 233. The molecule has 1 saturated heterocycles. The van der Waals surface area contributed by atoms with Crippen LogP contribution in [0.15, 0.2) is 0 Å². The van der Waals surface area contributed by atoms with Crippen molar-refractivity contribution in [2.24, 2.45) is 0 Å². The molecule has 1 heterocycles. The van der Waals surface area contributed by atoms with Gasteiger partial charge in [0, 0.05) is 32.2 Å². The first kappa shape index (κ1) is 14.5. The van der Waals surface area contributed by atoms with Gasteiger partial charge in [-0.05, 0) is 19.8 Å². The number of amides is 1. The molecule has 1 amide bonds. The van der Waals surface area contributed by atoms with Gasteiger partial charge in [0.05, 0.1) is 0 Å². The molecule has 1 rings (SSSR count). The van der Waals surface area contributed by atoms with Crippen molar-refractivity contribution >= 4 is 5.91 Å². The van der Waals surface area contributed by atoms with Gasteiger partial charge in [0.1, 0.15) is 6.04 Å². The molecule has 0 radical (unpaired) electrons. The average molecular weight is 241 g/mol. The SMILES string of the molecule is CCCC(CC)N1CCNCC1C(=O)NCC. The second-order valence-corrected chi connectivity index (χ2v) is 4.70. The van der Waals surface area contributed by atoms with Crippen molar-refractivity contribution in [1.82, 2.24) is 15.5 Å². The highest BCUT2D eigenvalue weighted by Crippen LogP contribution is 2.16. The van der Waals surface area contributed by atoms with Crippen LogP contribution < -0.4 is 10.6 Å². The number of nitrogens with one attached hydrogen (secondary N) is 2. The normalized spacial score (nSPS) is 23.4. The Balaban J connectivity index is 2.66. The number of hydrogen-bond acceptors (Lipinski definition) is 3. The van der Waals surface area contributed by atoms with E-state index in [0.29, 0.717) is 12.6 Å². The lowest BCUT2D eigenvalue weighted by Crippen LogP contribution is -2.60. The van der Waals surface area contributed by atoms with Crippen LogP contribution in [0.4, 0.5) is 0 Å². The fourth-order valence-corrected chi connectivity index (χ4v) is 2.63. The number of carbonyl (C=O) groups is 1. The van der Waals surface area contributed by atoms with Gasteiger partial charge in [-0.3, -0.25) is 9.69 Å². The number of likely N-dealkylation sites (N-methyl/N-ethyl adjacent to an activating group) is 1.